The quantitative estimate of drug-likeness (QED) is 0.799. The molecular formula is C15H26N2O3. The number of aliphatic carboxylic acids is 1. The van der Waals surface area contributed by atoms with Gasteiger partial charge in [0.05, 0.1) is 0 Å². The normalized spacial score (nSPS) is 30.4. The summed E-state index contributed by atoms with van der Waals surface area (Å²) < 4.78 is 0. The first kappa shape index (κ1) is 15.3. The van der Waals surface area contributed by atoms with Crippen molar-refractivity contribution in [1.29, 1.82) is 0 Å². The molecule has 1 unspecified atom stereocenters. The van der Waals surface area contributed by atoms with Gasteiger partial charge in [-0.25, -0.2) is 0 Å². The molecule has 2 fully saturated rings. The Labute approximate surface area is 120 Å². The van der Waals surface area contributed by atoms with E-state index >= 15 is 0 Å². The third kappa shape index (κ3) is 3.95. The second-order valence-corrected chi connectivity index (χ2v) is 6.32. The van der Waals surface area contributed by atoms with Crippen LogP contribution in [0.3, 0.4) is 0 Å². The predicted molar refractivity (Wildman–Crippen MR) is 76.1 cm³/mol. The van der Waals surface area contributed by atoms with E-state index in [1.807, 2.05) is 4.90 Å². The zero-order chi connectivity index (χ0) is 14.5. The molecule has 1 aliphatic carbocycles. The fourth-order valence-corrected chi connectivity index (χ4v) is 3.50. The molecule has 0 aromatic rings. The SMILES string of the molecule is NCC1CCC(C(=O)N2CCC(CCC(=O)O)C2)CC1. The molecule has 0 radical (unpaired) electrons. The summed E-state index contributed by atoms with van der Waals surface area (Å²) in [5, 5.41) is 8.71. The number of amides is 1. The van der Waals surface area contributed by atoms with E-state index in [0.29, 0.717) is 24.2 Å². The molecule has 5 heteroatoms. The fraction of sp³-hybridized carbons (Fsp3) is 0.867. The van der Waals surface area contributed by atoms with Gasteiger partial charge >= 0.3 is 5.97 Å². The summed E-state index contributed by atoms with van der Waals surface area (Å²) >= 11 is 0. The van der Waals surface area contributed by atoms with Crippen molar-refractivity contribution in [3.8, 4) is 0 Å². The maximum atomic E-state index is 12.5. The molecule has 1 saturated heterocycles. The van der Waals surface area contributed by atoms with Gasteiger partial charge in [0.15, 0.2) is 0 Å². The first-order valence-corrected chi connectivity index (χ1v) is 7.80. The van der Waals surface area contributed by atoms with Crippen molar-refractivity contribution in [1.82, 2.24) is 4.90 Å². The number of likely N-dealkylation sites (tertiary alicyclic amines) is 1. The van der Waals surface area contributed by atoms with Gasteiger partial charge in [0.1, 0.15) is 0 Å². The van der Waals surface area contributed by atoms with Crippen molar-refractivity contribution in [3.63, 3.8) is 0 Å². The monoisotopic (exact) mass is 282 g/mol. The van der Waals surface area contributed by atoms with E-state index in [4.69, 9.17) is 10.8 Å². The van der Waals surface area contributed by atoms with Crippen molar-refractivity contribution in [2.75, 3.05) is 19.6 Å². The van der Waals surface area contributed by atoms with Crippen LogP contribution in [0.2, 0.25) is 0 Å². The highest BCUT2D eigenvalue weighted by molar-refractivity contribution is 5.79. The molecule has 20 heavy (non-hydrogen) atoms. The van der Waals surface area contributed by atoms with Crippen LogP contribution >= 0.6 is 0 Å². The molecule has 0 bridgehead atoms. The summed E-state index contributed by atoms with van der Waals surface area (Å²) in [6.45, 7) is 2.30. The maximum Gasteiger partial charge on any atom is 0.303 e. The van der Waals surface area contributed by atoms with E-state index in [-0.39, 0.29) is 12.3 Å². The maximum absolute atomic E-state index is 12.5. The minimum absolute atomic E-state index is 0.177. The molecule has 1 aliphatic heterocycles. The van der Waals surface area contributed by atoms with E-state index in [1.165, 1.54) is 0 Å². The number of nitrogens with zero attached hydrogens (tertiary/aromatic N) is 1. The van der Waals surface area contributed by atoms with Crippen molar-refractivity contribution >= 4 is 11.9 Å². The van der Waals surface area contributed by atoms with Crippen LogP contribution in [-0.2, 0) is 9.59 Å². The lowest BCUT2D eigenvalue weighted by Crippen LogP contribution is -2.37. The Morgan fingerprint density at radius 2 is 1.80 bits per heavy atom. The molecular weight excluding hydrogens is 256 g/mol. The van der Waals surface area contributed by atoms with E-state index in [1.54, 1.807) is 0 Å². The largest absolute Gasteiger partial charge is 0.481 e. The van der Waals surface area contributed by atoms with Gasteiger partial charge in [-0.2, -0.15) is 0 Å². The van der Waals surface area contributed by atoms with Gasteiger partial charge in [-0.05, 0) is 56.9 Å². The van der Waals surface area contributed by atoms with E-state index in [2.05, 4.69) is 0 Å². The van der Waals surface area contributed by atoms with Gasteiger partial charge in [0.25, 0.3) is 0 Å². The summed E-state index contributed by atoms with van der Waals surface area (Å²) in [6.07, 6.45) is 5.95. The average Bonchev–Trinajstić information content (AvgIpc) is 2.93. The molecule has 0 aromatic carbocycles. The topological polar surface area (TPSA) is 83.6 Å². The van der Waals surface area contributed by atoms with Crippen molar-refractivity contribution in [2.24, 2.45) is 23.5 Å². The predicted octanol–water partition coefficient (Wildman–Crippen LogP) is 1.46. The van der Waals surface area contributed by atoms with Gasteiger partial charge in [-0.1, -0.05) is 0 Å². The number of hydrogen-bond acceptors (Lipinski definition) is 3. The van der Waals surface area contributed by atoms with E-state index in [0.717, 1.165) is 51.7 Å². The molecule has 1 heterocycles. The Bertz CT molecular complexity index is 351. The summed E-state index contributed by atoms with van der Waals surface area (Å²) in [4.78, 5) is 25.0. The molecule has 114 valence electrons. The highest BCUT2D eigenvalue weighted by Crippen LogP contribution is 2.31. The van der Waals surface area contributed by atoms with Crippen LogP contribution in [0, 0.1) is 17.8 Å². The standard InChI is InChI=1S/C15H26N2O3/c16-9-11-1-4-13(5-2-11)15(20)17-8-7-12(10-17)3-6-14(18)19/h11-13H,1-10,16H2,(H,18,19). The smallest absolute Gasteiger partial charge is 0.303 e. The minimum Gasteiger partial charge on any atom is -0.481 e. The highest BCUT2D eigenvalue weighted by atomic mass is 16.4. The van der Waals surface area contributed by atoms with Crippen LogP contribution in [0.1, 0.15) is 44.9 Å². The number of hydrogen-bond donors (Lipinski definition) is 2. The van der Waals surface area contributed by atoms with Crippen LogP contribution in [-0.4, -0.2) is 41.5 Å². The number of carboxylic acid groups (broad SMARTS) is 1. The zero-order valence-electron chi connectivity index (χ0n) is 12.1. The van der Waals surface area contributed by atoms with E-state index in [9.17, 15) is 9.59 Å². The molecule has 5 nitrogen and oxygen atoms in total. The fourth-order valence-electron chi connectivity index (χ4n) is 3.50. The Morgan fingerprint density at radius 1 is 1.10 bits per heavy atom. The molecule has 2 aliphatic rings. The lowest BCUT2D eigenvalue weighted by molar-refractivity contribution is -0.137. The Hall–Kier alpha value is -1.10. The number of rotatable bonds is 5. The molecule has 0 spiro atoms. The summed E-state index contributed by atoms with van der Waals surface area (Å²) in [7, 11) is 0. The average molecular weight is 282 g/mol. The van der Waals surface area contributed by atoms with E-state index < -0.39 is 5.97 Å². The summed E-state index contributed by atoms with van der Waals surface area (Å²) in [5.41, 5.74) is 5.68. The molecule has 2 rings (SSSR count). The number of carboxylic acids is 1. The lowest BCUT2D eigenvalue weighted by atomic mass is 9.81. The van der Waals surface area contributed by atoms with Crippen LogP contribution in [0.15, 0.2) is 0 Å². The molecule has 0 aromatic heterocycles. The van der Waals surface area contributed by atoms with Crippen LogP contribution in [0.4, 0.5) is 0 Å². The molecule has 3 N–H and O–H groups in total. The molecule has 1 saturated carbocycles. The van der Waals surface area contributed by atoms with Gasteiger partial charge in [-0.15, -0.1) is 0 Å². The zero-order valence-corrected chi connectivity index (χ0v) is 12.1. The highest BCUT2D eigenvalue weighted by Gasteiger charge is 2.32. The first-order chi connectivity index (χ1) is 9.60. The number of carbonyl (C=O) groups is 2. The molecule has 1 amide bonds. The van der Waals surface area contributed by atoms with Crippen LogP contribution < -0.4 is 5.73 Å². The van der Waals surface area contributed by atoms with Crippen molar-refractivity contribution < 1.29 is 14.7 Å². The van der Waals surface area contributed by atoms with Crippen molar-refractivity contribution in [2.45, 2.75) is 44.9 Å². The first-order valence-electron chi connectivity index (χ1n) is 7.80. The molecule has 1 atom stereocenters. The third-order valence-corrected chi connectivity index (χ3v) is 4.89. The Balaban J connectivity index is 1.75. The minimum atomic E-state index is -0.741. The number of nitrogens with two attached hydrogens (primary N) is 1. The van der Waals surface area contributed by atoms with Crippen LogP contribution in [0.5, 0.6) is 0 Å². The lowest BCUT2D eigenvalue weighted by Gasteiger charge is -2.30. The Kier molecular flexibility index (Phi) is 5.40. The van der Waals surface area contributed by atoms with Gasteiger partial charge in [0, 0.05) is 25.4 Å². The second kappa shape index (κ2) is 7.07. The summed E-state index contributed by atoms with van der Waals surface area (Å²) in [5.74, 6) is 0.695. The number of carbonyl (C=O) groups excluding carboxylic acids is 1. The van der Waals surface area contributed by atoms with Gasteiger partial charge < -0.3 is 15.7 Å². The van der Waals surface area contributed by atoms with Gasteiger partial charge in [-0.3, -0.25) is 9.59 Å². The summed E-state index contributed by atoms with van der Waals surface area (Å²) in [6, 6.07) is 0. The van der Waals surface area contributed by atoms with Crippen LogP contribution in [0.25, 0.3) is 0 Å². The Morgan fingerprint density at radius 3 is 2.40 bits per heavy atom. The third-order valence-electron chi connectivity index (χ3n) is 4.89. The second-order valence-electron chi connectivity index (χ2n) is 6.32. The van der Waals surface area contributed by atoms with Gasteiger partial charge in [0.2, 0.25) is 5.91 Å². The van der Waals surface area contributed by atoms with Crippen molar-refractivity contribution in [3.05, 3.63) is 0 Å².